The summed E-state index contributed by atoms with van der Waals surface area (Å²) in [7, 11) is 1.69. The summed E-state index contributed by atoms with van der Waals surface area (Å²) in [6.45, 7) is 6.95. The number of amides is 1. The maximum absolute atomic E-state index is 13.0. The number of nitrogens with one attached hydrogen (secondary N) is 1. The highest BCUT2D eigenvalue weighted by atomic mass is 16.5. The van der Waals surface area contributed by atoms with Crippen LogP contribution in [0.25, 0.3) is 0 Å². The lowest BCUT2D eigenvalue weighted by atomic mass is 9.78. The number of hydrazine groups is 1. The SMILES string of the molecule is CC.COc1ccc2c(c1)CCCN1C(=O)CC3[C@H]([N+](=O)NC4CC4)[C@@H](C)CC231. The zero-order valence-electron chi connectivity index (χ0n) is 18.1. The molecule has 1 amide bonds. The van der Waals surface area contributed by atoms with E-state index in [1.54, 1.807) is 7.11 Å². The van der Waals surface area contributed by atoms with E-state index in [9.17, 15) is 9.70 Å². The molecule has 6 nitrogen and oxygen atoms in total. The molecular weight excluding hydrogens is 366 g/mol. The van der Waals surface area contributed by atoms with Gasteiger partial charge in [0.25, 0.3) is 0 Å². The molecule has 1 saturated heterocycles. The molecule has 2 aliphatic carbocycles. The van der Waals surface area contributed by atoms with E-state index in [0.717, 1.165) is 49.3 Å². The Hall–Kier alpha value is -2.11. The van der Waals surface area contributed by atoms with E-state index in [1.807, 2.05) is 19.9 Å². The molecule has 2 saturated carbocycles. The van der Waals surface area contributed by atoms with E-state index in [4.69, 9.17) is 4.74 Å². The van der Waals surface area contributed by atoms with Crippen molar-refractivity contribution in [2.45, 2.75) is 76.9 Å². The third kappa shape index (κ3) is 3.11. The summed E-state index contributed by atoms with van der Waals surface area (Å²) in [4.78, 5) is 29.2. The monoisotopic (exact) mass is 400 g/mol. The Balaban J connectivity index is 0.000000994. The van der Waals surface area contributed by atoms with Crippen LogP contribution >= 0.6 is 0 Å². The second-order valence-electron chi connectivity index (χ2n) is 8.81. The van der Waals surface area contributed by atoms with Gasteiger partial charge in [0.15, 0.2) is 0 Å². The molecule has 2 heterocycles. The zero-order valence-corrected chi connectivity index (χ0v) is 18.1. The second-order valence-corrected chi connectivity index (χ2v) is 8.81. The second kappa shape index (κ2) is 7.62. The van der Waals surface area contributed by atoms with Crippen molar-refractivity contribution in [1.29, 1.82) is 0 Å². The van der Waals surface area contributed by atoms with Crippen LogP contribution in [0.5, 0.6) is 5.75 Å². The van der Waals surface area contributed by atoms with Gasteiger partial charge in [0.1, 0.15) is 10.6 Å². The number of carbonyl (C=O) groups excluding carboxylic acids is 1. The minimum Gasteiger partial charge on any atom is -0.497 e. The first-order valence-corrected chi connectivity index (χ1v) is 11.2. The standard InChI is InChI=1S/C21H28N3O3.C2H6/c1-13-12-21-17-8-7-16(27-2)10-14(17)4-3-9-23(21)19(25)11-18(21)20(13)24(26)22-15-5-6-15;1-2/h7-8,10,13,15,18,20H,3-6,9,11-12H2,1-2H3,(H,22,26);1-2H3/q+1;/t13-,18?,20+,21?;/m0./s1. The summed E-state index contributed by atoms with van der Waals surface area (Å²) < 4.78 is 5.44. The van der Waals surface area contributed by atoms with Crippen LogP contribution in [0.3, 0.4) is 0 Å². The van der Waals surface area contributed by atoms with Gasteiger partial charge in [-0.05, 0) is 55.4 Å². The summed E-state index contributed by atoms with van der Waals surface area (Å²) >= 11 is 0. The summed E-state index contributed by atoms with van der Waals surface area (Å²) in [5, 5.41) is 0. The van der Waals surface area contributed by atoms with Crippen LogP contribution < -0.4 is 10.2 Å². The Labute approximate surface area is 173 Å². The molecule has 1 aromatic carbocycles. The van der Waals surface area contributed by atoms with Crippen molar-refractivity contribution in [1.82, 2.24) is 10.3 Å². The van der Waals surface area contributed by atoms with Gasteiger partial charge < -0.3 is 9.64 Å². The molecule has 2 unspecified atom stereocenters. The fourth-order valence-electron chi connectivity index (χ4n) is 5.97. The average Bonchev–Trinajstić information content (AvgIpc) is 3.45. The minimum absolute atomic E-state index is 0.0361. The summed E-state index contributed by atoms with van der Waals surface area (Å²) in [5.74, 6) is 1.35. The van der Waals surface area contributed by atoms with Gasteiger partial charge in [-0.1, -0.05) is 26.8 Å². The number of nitrogens with zero attached hydrogens (tertiary/aromatic N) is 2. The number of nitroso groups, excluding NO2 is 1. The molecule has 3 fully saturated rings. The Morgan fingerprint density at radius 1 is 1.28 bits per heavy atom. The Kier molecular flexibility index (Phi) is 5.30. The van der Waals surface area contributed by atoms with E-state index in [1.165, 1.54) is 11.1 Å². The van der Waals surface area contributed by atoms with Crippen molar-refractivity contribution in [3.05, 3.63) is 34.2 Å². The number of carbonyl (C=O) groups is 1. The predicted octanol–water partition coefficient (Wildman–Crippen LogP) is 3.57. The third-order valence-electron chi connectivity index (χ3n) is 7.18. The molecule has 29 heavy (non-hydrogen) atoms. The predicted molar refractivity (Wildman–Crippen MR) is 112 cm³/mol. The van der Waals surface area contributed by atoms with Crippen molar-refractivity contribution in [2.24, 2.45) is 11.8 Å². The lowest BCUT2D eigenvalue weighted by molar-refractivity contribution is -0.653. The van der Waals surface area contributed by atoms with Crippen molar-refractivity contribution < 1.29 is 14.4 Å². The van der Waals surface area contributed by atoms with Gasteiger partial charge in [-0.3, -0.25) is 4.79 Å². The van der Waals surface area contributed by atoms with E-state index in [0.29, 0.717) is 12.5 Å². The largest absolute Gasteiger partial charge is 0.497 e. The molecule has 1 spiro atoms. The Morgan fingerprint density at radius 3 is 2.72 bits per heavy atom. The van der Waals surface area contributed by atoms with Crippen LogP contribution in [0.4, 0.5) is 0 Å². The first-order valence-electron chi connectivity index (χ1n) is 11.2. The van der Waals surface area contributed by atoms with Gasteiger partial charge >= 0.3 is 0 Å². The number of aryl methyl sites for hydroxylation is 1. The molecule has 2 aliphatic heterocycles. The topological polar surface area (TPSA) is 61.6 Å². The van der Waals surface area contributed by atoms with Crippen molar-refractivity contribution in [3.63, 3.8) is 0 Å². The van der Waals surface area contributed by atoms with Crippen molar-refractivity contribution in [3.8, 4) is 5.75 Å². The van der Waals surface area contributed by atoms with E-state index in [-0.39, 0.29) is 29.3 Å². The number of methoxy groups -OCH3 is 1. The van der Waals surface area contributed by atoms with Gasteiger partial charge in [-0.2, -0.15) is 0 Å². The first-order chi connectivity index (χ1) is 14.0. The Morgan fingerprint density at radius 2 is 2.03 bits per heavy atom. The highest BCUT2D eigenvalue weighted by molar-refractivity contribution is 5.81. The van der Waals surface area contributed by atoms with Crippen LogP contribution in [-0.2, 0) is 16.8 Å². The quantitative estimate of drug-likeness (QED) is 0.620. The molecule has 1 N–H and O–H groups in total. The molecule has 4 aliphatic rings. The number of benzene rings is 1. The summed E-state index contributed by atoms with van der Waals surface area (Å²) in [5.41, 5.74) is 5.31. The van der Waals surface area contributed by atoms with E-state index in [2.05, 4.69) is 29.4 Å². The minimum atomic E-state index is -0.340. The fourth-order valence-corrected chi connectivity index (χ4v) is 5.97. The lowest BCUT2D eigenvalue weighted by Crippen LogP contribution is -2.47. The molecule has 0 aromatic heterocycles. The molecule has 158 valence electrons. The smallest absolute Gasteiger partial charge is 0.242 e. The van der Waals surface area contributed by atoms with Gasteiger partial charge in [0.05, 0.1) is 29.5 Å². The lowest BCUT2D eigenvalue weighted by Gasteiger charge is -2.38. The molecule has 6 heteroatoms. The maximum Gasteiger partial charge on any atom is 0.242 e. The molecule has 1 aromatic rings. The fraction of sp³-hybridized carbons (Fsp3) is 0.696. The van der Waals surface area contributed by atoms with Crippen LogP contribution in [0, 0.1) is 16.7 Å². The van der Waals surface area contributed by atoms with Gasteiger partial charge in [-0.15, -0.1) is 5.43 Å². The number of ether oxygens (including phenoxy) is 1. The molecule has 5 rings (SSSR count). The van der Waals surface area contributed by atoms with Crippen LogP contribution in [0.1, 0.15) is 64.0 Å². The first kappa shape index (κ1) is 20.2. The van der Waals surface area contributed by atoms with Crippen molar-refractivity contribution >= 4 is 5.91 Å². The number of rotatable bonds is 4. The number of hydrogen-bond donors (Lipinski definition) is 1. The molecular formula is C23H34N3O3+. The van der Waals surface area contributed by atoms with Gasteiger partial charge in [0, 0.05) is 18.9 Å². The Bertz CT molecular complexity index is 807. The summed E-state index contributed by atoms with van der Waals surface area (Å²) in [6, 6.07) is 6.45. The number of fused-ring (bicyclic) bond motifs is 1. The third-order valence-corrected chi connectivity index (χ3v) is 7.18. The van der Waals surface area contributed by atoms with Crippen LogP contribution in [0.15, 0.2) is 18.2 Å². The molecule has 0 radical (unpaired) electrons. The normalized spacial score (nSPS) is 32.3. The highest BCUT2D eigenvalue weighted by Crippen LogP contribution is 2.58. The van der Waals surface area contributed by atoms with Crippen LogP contribution in [0.2, 0.25) is 0 Å². The van der Waals surface area contributed by atoms with Crippen molar-refractivity contribution in [2.75, 3.05) is 13.7 Å². The van der Waals surface area contributed by atoms with Gasteiger partial charge in [-0.25, -0.2) is 0 Å². The van der Waals surface area contributed by atoms with Gasteiger partial charge in [0.2, 0.25) is 11.9 Å². The van der Waals surface area contributed by atoms with Crippen LogP contribution in [-0.4, -0.2) is 41.4 Å². The highest BCUT2D eigenvalue weighted by Gasteiger charge is 2.68. The molecule has 4 atom stereocenters. The zero-order chi connectivity index (χ0) is 20.8. The average molecular weight is 401 g/mol. The van der Waals surface area contributed by atoms with E-state index >= 15 is 0 Å². The van der Waals surface area contributed by atoms with E-state index < -0.39 is 0 Å². The number of hydrogen-bond acceptors (Lipinski definition) is 3. The molecule has 0 bridgehead atoms. The maximum atomic E-state index is 13.0. The summed E-state index contributed by atoms with van der Waals surface area (Å²) in [6.07, 6.45) is 5.39.